The van der Waals surface area contributed by atoms with Crippen molar-refractivity contribution >= 4 is 17.0 Å². The first-order chi connectivity index (χ1) is 3.87. The van der Waals surface area contributed by atoms with Crippen LogP contribution in [0.3, 0.4) is 0 Å². The molecular weight excluding hydrogens is 223 g/mol. The van der Waals surface area contributed by atoms with E-state index in [9.17, 15) is 0 Å². The monoisotopic (exact) mass is 238 g/mol. The third-order valence-electron chi connectivity index (χ3n) is 1.34. The molecule has 1 heterocycles. The third-order valence-corrected chi connectivity index (χ3v) is 7.48. The molecule has 0 bridgehead atoms. The molecule has 0 nitrogen and oxygen atoms in total. The van der Waals surface area contributed by atoms with Crippen LogP contribution in [0.1, 0.15) is 6.92 Å². The van der Waals surface area contributed by atoms with Gasteiger partial charge < -0.3 is 0 Å². The van der Waals surface area contributed by atoms with Crippen LogP contribution >= 0.6 is 17.0 Å². The van der Waals surface area contributed by atoms with E-state index in [1.165, 1.54) is 5.57 Å². The molecule has 0 unspecified atom stereocenters. The summed E-state index contributed by atoms with van der Waals surface area (Å²) in [6.07, 6.45) is 2.26. The predicted octanol–water partition coefficient (Wildman–Crippen LogP) is 2.88. The Bertz CT molecular complexity index is 188. The second kappa shape index (κ2) is 1.62. The summed E-state index contributed by atoms with van der Waals surface area (Å²) in [7, 11) is 0. The number of hydrogen-bond acceptors (Lipinski definition) is 0. The molecule has 0 N–H and O–H groups in total. The zero-order valence-electron chi connectivity index (χ0n) is 6.61. The first-order valence-corrected chi connectivity index (χ1v) is 11.9. The van der Waals surface area contributed by atoms with Crippen LogP contribution in [0.25, 0.3) is 0 Å². The first kappa shape index (κ1) is 7.32. The Labute approximate surface area is 58.7 Å². The summed E-state index contributed by atoms with van der Waals surface area (Å²) in [5, 5.41) is 0. The van der Waals surface area contributed by atoms with Crippen molar-refractivity contribution in [2.24, 2.45) is 0 Å². The summed E-state index contributed by atoms with van der Waals surface area (Å²) in [6, 6.07) is 0. The zero-order valence-corrected chi connectivity index (χ0v) is 8.77. The SMILES string of the molecule is CC1=CI(C)(C)(C)C=C1. The van der Waals surface area contributed by atoms with Crippen LogP contribution in [-0.2, 0) is 0 Å². The Morgan fingerprint density at radius 3 is 1.89 bits per heavy atom. The molecule has 0 atom stereocenters. The molecule has 0 amide bonds. The van der Waals surface area contributed by atoms with Gasteiger partial charge in [0.05, 0.1) is 0 Å². The molecule has 9 heavy (non-hydrogen) atoms. The van der Waals surface area contributed by atoms with Gasteiger partial charge in [0, 0.05) is 0 Å². The fourth-order valence-corrected chi connectivity index (χ4v) is 6.80. The van der Waals surface area contributed by atoms with Gasteiger partial charge >= 0.3 is 58.6 Å². The summed E-state index contributed by atoms with van der Waals surface area (Å²) in [5.41, 5.74) is 1.46. The summed E-state index contributed by atoms with van der Waals surface area (Å²) in [4.78, 5) is 7.24. The van der Waals surface area contributed by atoms with Gasteiger partial charge in [-0.2, -0.15) is 0 Å². The van der Waals surface area contributed by atoms with E-state index in [0.29, 0.717) is 0 Å². The van der Waals surface area contributed by atoms with E-state index in [0.717, 1.165) is 0 Å². The van der Waals surface area contributed by atoms with Crippen molar-refractivity contribution in [2.45, 2.75) is 6.92 Å². The fourth-order valence-electron chi connectivity index (χ4n) is 1.01. The van der Waals surface area contributed by atoms with Gasteiger partial charge in [-0.1, -0.05) is 0 Å². The first-order valence-electron chi connectivity index (χ1n) is 2.98. The Morgan fingerprint density at radius 2 is 1.78 bits per heavy atom. The molecule has 0 aromatic heterocycles. The molecule has 0 spiro atoms. The number of rotatable bonds is 0. The molecule has 0 saturated carbocycles. The van der Waals surface area contributed by atoms with Crippen LogP contribution in [0.5, 0.6) is 0 Å². The molecule has 0 aliphatic carbocycles. The Hall–Kier alpha value is 0.210. The molecule has 0 aromatic carbocycles. The molecule has 1 aliphatic rings. The van der Waals surface area contributed by atoms with Crippen LogP contribution in [0.15, 0.2) is 19.8 Å². The van der Waals surface area contributed by atoms with E-state index in [4.69, 9.17) is 0 Å². The van der Waals surface area contributed by atoms with Crippen molar-refractivity contribution < 1.29 is 0 Å². The van der Waals surface area contributed by atoms with Gasteiger partial charge in [0.25, 0.3) is 0 Å². The van der Waals surface area contributed by atoms with E-state index in [2.05, 4.69) is 36.0 Å². The average Bonchev–Trinajstić information content (AvgIpc) is 1.78. The van der Waals surface area contributed by atoms with Crippen molar-refractivity contribution in [3.05, 3.63) is 19.8 Å². The quantitative estimate of drug-likeness (QED) is 0.449. The zero-order chi connectivity index (χ0) is 7.15. The van der Waals surface area contributed by atoms with Crippen LogP contribution in [0.2, 0.25) is 0 Å². The number of hydrogen-bond donors (Lipinski definition) is 0. The van der Waals surface area contributed by atoms with Crippen molar-refractivity contribution in [3.63, 3.8) is 0 Å². The molecule has 1 heteroatoms. The summed E-state index contributed by atoms with van der Waals surface area (Å²) >= 11 is -1.96. The molecule has 0 saturated heterocycles. The minimum absolute atomic E-state index is 1.46. The van der Waals surface area contributed by atoms with Gasteiger partial charge in [-0.3, -0.25) is 0 Å². The molecule has 0 fully saturated rings. The average molecular weight is 238 g/mol. The second-order valence-corrected chi connectivity index (χ2v) is 19.7. The van der Waals surface area contributed by atoms with E-state index >= 15 is 0 Å². The third kappa shape index (κ3) is 1.81. The predicted molar refractivity (Wildman–Crippen MR) is 54.7 cm³/mol. The molecule has 54 valence electrons. The maximum atomic E-state index is 2.48. The molecule has 0 radical (unpaired) electrons. The van der Waals surface area contributed by atoms with Crippen molar-refractivity contribution in [1.29, 1.82) is 0 Å². The van der Waals surface area contributed by atoms with Gasteiger partial charge in [-0.05, 0) is 0 Å². The van der Waals surface area contributed by atoms with E-state index in [-0.39, 0.29) is 0 Å². The van der Waals surface area contributed by atoms with Gasteiger partial charge in [-0.25, -0.2) is 0 Å². The van der Waals surface area contributed by atoms with Crippen LogP contribution in [0, 0.1) is 0 Å². The number of allylic oxidation sites excluding steroid dienone is 2. The molecule has 0 aromatic rings. The molecule has 1 rings (SSSR count). The van der Waals surface area contributed by atoms with Crippen molar-refractivity contribution in [3.8, 4) is 0 Å². The summed E-state index contributed by atoms with van der Waals surface area (Å²) in [6.45, 7) is 2.18. The van der Waals surface area contributed by atoms with E-state index in [1.54, 1.807) is 0 Å². The maximum absolute atomic E-state index is 2.48. The Balaban J connectivity index is 3.06. The van der Waals surface area contributed by atoms with E-state index in [1.807, 2.05) is 0 Å². The van der Waals surface area contributed by atoms with Gasteiger partial charge in [0.2, 0.25) is 0 Å². The van der Waals surface area contributed by atoms with Crippen molar-refractivity contribution in [1.82, 2.24) is 0 Å². The summed E-state index contributed by atoms with van der Waals surface area (Å²) in [5.74, 6) is 0. The topological polar surface area (TPSA) is 0 Å². The second-order valence-electron chi connectivity index (χ2n) is 3.71. The Kier molecular flexibility index (Phi) is 1.32. The number of halogens is 1. The molecule has 1 aliphatic heterocycles. The van der Waals surface area contributed by atoms with Crippen LogP contribution < -0.4 is 0 Å². The van der Waals surface area contributed by atoms with Crippen LogP contribution in [0.4, 0.5) is 0 Å². The normalized spacial score (nSPS) is 32.9. The standard InChI is InChI=1S/C8H15I/c1-8-5-6-9(2,3,4)7-8/h5-7H,1-4H3. The van der Waals surface area contributed by atoms with Crippen molar-refractivity contribution in [2.75, 3.05) is 14.8 Å². The summed E-state index contributed by atoms with van der Waals surface area (Å²) < 4.78 is 4.91. The van der Waals surface area contributed by atoms with Gasteiger partial charge in [-0.15, -0.1) is 0 Å². The van der Waals surface area contributed by atoms with E-state index < -0.39 is 17.0 Å². The fraction of sp³-hybridized carbons (Fsp3) is 0.500. The number of alkyl halides is 3. The minimum atomic E-state index is -1.96. The van der Waals surface area contributed by atoms with Gasteiger partial charge in [0.15, 0.2) is 0 Å². The molecular formula is C8H15I. The van der Waals surface area contributed by atoms with Gasteiger partial charge in [0.1, 0.15) is 0 Å². The Morgan fingerprint density at radius 1 is 1.22 bits per heavy atom. The van der Waals surface area contributed by atoms with Crippen LogP contribution in [-0.4, -0.2) is 14.8 Å².